The van der Waals surface area contributed by atoms with Gasteiger partial charge in [0.25, 0.3) is 0 Å². The van der Waals surface area contributed by atoms with E-state index in [0.717, 1.165) is 33.5 Å². The molecule has 0 spiro atoms. The van der Waals surface area contributed by atoms with Gasteiger partial charge in [-0.25, -0.2) is 9.78 Å². The number of hydrogen-bond acceptors (Lipinski definition) is 4. The van der Waals surface area contributed by atoms with E-state index in [-0.39, 0.29) is 5.76 Å². The van der Waals surface area contributed by atoms with E-state index in [1.807, 2.05) is 61.7 Å². The molecule has 2 heterocycles. The first kappa shape index (κ1) is 20.8. The summed E-state index contributed by atoms with van der Waals surface area (Å²) < 4.78 is 13.1. The second-order valence-corrected chi connectivity index (χ2v) is 7.42. The summed E-state index contributed by atoms with van der Waals surface area (Å²) in [7, 11) is 0. The Morgan fingerprint density at radius 3 is 2.81 bits per heavy atom. The van der Waals surface area contributed by atoms with Crippen molar-refractivity contribution < 1.29 is 19.1 Å². The Bertz CT molecular complexity index is 1290. The predicted octanol–water partition coefficient (Wildman–Crippen LogP) is 5.77. The second kappa shape index (κ2) is 8.70. The van der Waals surface area contributed by atoms with Crippen molar-refractivity contribution in [1.82, 2.24) is 9.55 Å². The fourth-order valence-electron chi connectivity index (χ4n) is 3.40. The summed E-state index contributed by atoms with van der Waals surface area (Å²) in [5, 5.41) is 10.8. The lowest BCUT2D eigenvalue weighted by Gasteiger charge is -2.05. The highest BCUT2D eigenvalue weighted by Gasteiger charge is 2.15. The molecule has 2 aromatic carbocycles. The van der Waals surface area contributed by atoms with E-state index in [2.05, 4.69) is 9.55 Å². The van der Waals surface area contributed by atoms with Gasteiger partial charge in [0.15, 0.2) is 0 Å². The maximum absolute atomic E-state index is 11.3. The Balaban J connectivity index is 1.63. The molecule has 31 heavy (non-hydrogen) atoms. The third kappa shape index (κ3) is 4.34. The predicted molar refractivity (Wildman–Crippen MR) is 120 cm³/mol. The quantitative estimate of drug-likeness (QED) is 0.294. The number of aryl methyl sites for hydroxylation is 1. The molecule has 0 aliphatic carbocycles. The van der Waals surface area contributed by atoms with E-state index in [4.69, 9.17) is 20.8 Å². The molecule has 158 valence electrons. The van der Waals surface area contributed by atoms with Crippen LogP contribution in [0.5, 0.6) is 0 Å². The lowest BCUT2D eigenvalue weighted by molar-refractivity contribution is -0.136. The molecule has 0 aliphatic heterocycles. The molecule has 0 atom stereocenters. The summed E-state index contributed by atoms with van der Waals surface area (Å²) in [6.07, 6.45) is 3.50. The minimum Gasteiger partial charge on any atom is -0.487 e. The number of hydrogen-bond donors (Lipinski definition) is 1. The van der Waals surface area contributed by atoms with Crippen LogP contribution in [0.2, 0.25) is 5.02 Å². The molecular weight excluding hydrogens is 416 g/mol. The van der Waals surface area contributed by atoms with Gasteiger partial charge < -0.3 is 18.8 Å². The van der Waals surface area contributed by atoms with Crippen molar-refractivity contribution >= 4 is 34.5 Å². The number of rotatable bonds is 7. The number of carboxylic acids is 1. The Morgan fingerprint density at radius 1 is 1.26 bits per heavy atom. The summed E-state index contributed by atoms with van der Waals surface area (Å²) in [5.74, 6) is 0.0696. The van der Waals surface area contributed by atoms with Crippen LogP contribution in [0.15, 0.2) is 64.9 Å². The number of benzene rings is 2. The molecule has 0 bridgehead atoms. The van der Waals surface area contributed by atoms with E-state index < -0.39 is 5.97 Å². The van der Waals surface area contributed by atoms with Crippen molar-refractivity contribution in [2.45, 2.75) is 20.4 Å². The molecule has 4 rings (SSSR count). The standard InChI is InChI=1S/C24H21ClN2O4/c1-3-30-22(24(28)29)13-16-8-9-21-17(12-16)10-11-27(21)14-20-15(2)31-23(26-20)18-6-4-5-7-19(18)25/h4-13H,3,14H2,1-2H3,(H,28,29)/b22-13-. The van der Waals surface area contributed by atoms with Gasteiger partial charge >= 0.3 is 5.97 Å². The van der Waals surface area contributed by atoms with Crippen LogP contribution in [-0.4, -0.2) is 27.2 Å². The average Bonchev–Trinajstić information content (AvgIpc) is 3.31. The Kier molecular flexibility index (Phi) is 5.82. The number of halogens is 1. The van der Waals surface area contributed by atoms with Crippen LogP contribution in [0.25, 0.3) is 28.4 Å². The van der Waals surface area contributed by atoms with Crippen molar-refractivity contribution in [2.24, 2.45) is 0 Å². The fourth-order valence-corrected chi connectivity index (χ4v) is 3.62. The minimum atomic E-state index is -1.09. The Hall–Kier alpha value is -3.51. The van der Waals surface area contributed by atoms with Crippen LogP contribution in [0, 0.1) is 6.92 Å². The largest absolute Gasteiger partial charge is 0.487 e. The van der Waals surface area contributed by atoms with E-state index in [9.17, 15) is 9.90 Å². The molecule has 0 aliphatic rings. The lowest BCUT2D eigenvalue weighted by Crippen LogP contribution is -2.04. The number of aliphatic carboxylic acids is 1. The first-order valence-corrected chi connectivity index (χ1v) is 10.2. The monoisotopic (exact) mass is 436 g/mol. The van der Waals surface area contributed by atoms with E-state index in [1.54, 1.807) is 6.92 Å². The molecule has 2 aromatic heterocycles. The number of oxazole rings is 1. The zero-order valence-electron chi connectivity index (χ0n) is 17.1. The van der Waals surface area contributed by atoms with Crippen LogP contribution < -0.4 is 0 Å². The number of aromatic nitrogens is 2. The molecule has 0 unspecified atom stereocenters. The summed E-state index contributed by atoms with van der Waals surface area (Å²) in [6.45, 7) is 4.48. The summed E-state index contributed by atoms with van der Waals surface area (Å²) in [5.41, 5.74) is 3.35. The zero-order chi connectivity index (χ0) is 22.0. The number of fused-ring (bicyclic) bond motifs is 1. The molecule has 0 amide bonds. The molecule has 7 heteroatoms. The molecule has 0 fully saturated rings. The highest BCUT2D eigenvalue weighted by atomic mass is 35.5. The third-order valence-corrected chi connectivity index (χ3v) is 5.25. The smallest absolute Gasteiger partial charge is 0.371 e. The maximum Gasteiger partial charge on any atom is 0.371 e. The fraction of sp³-hybridized carbons (Fsp3) is 0.167. The van der Waals surface area contributed by atoms with Crippen LogP contribution in [0.3, 0.4) is 0 Å². The summed E-state index contributed by atoms with van der Waals surface area (Å²) in [6, 6.07) is 15.2. The maximum atomic E-state index is 11.3. The van der Waals surface area contributed by atoms with Gasteiger partial charge in [-0.1, -0.05) is 29.8 Å². The molecule has 0 radical (unpaired) electrons. The van der Waals surface area contributed by atoms with Gasteiger partial charge in [0.1, 0.15) is 11.5 Å². The zero-order valence-corrected chi connectivity index (χ0v) is 17.9. The highest BCUT2D eigenvalue weighted by molar-refractivity contribution is 6.33. The second-order valence-electron chi connectivity index (χ2n) is 7.01. The molecule has 0 saturated heterocycles. The van der Waals surface area contributed by atoms with E-state index >= 15 is 0 Å². The van der Waals surface area contributed by atoms with E-state index in [1.165, 1.54) is 6.08 Å². The van der Waals surface area contributed by atoms with Crippen molar-refractivity contribution in [3.05, 3.63) is 82.5 Å². The molecule has 0 saturated carbocycles. The van der Waals surface area contributed by atoms with E-state index in [0.29, 0.717) is 24.1 Å². The van der Waals surface area contributed by atoms with Gasteiger partial charge in [-0.3, -0.25) is 0 Å². The normalized spacial score (nSPS) is 11.8. The van der Waals surface area contributed by atoms with Crippen LogP contribution >= 0.6 is 11.6 Å². The highest BCUT2D eigenvalue weighted by Crippen LogP contribution is 2.29. The molecule has 4 aromatic rings. The summed E-state index contributed by atoms with van der Waals surface area (Å²) in [4.78, 5) is 16.0. The topological polar surface area (TPSA) is 77.5 Å². The number of ether oxygens (including phenoxy) is 1. The Morgan fingerprint density at radius 2 is 2.06 bits per heavy atom. The van der Waals surface area contributed by atoms with Crippen molar-refractivity contribution in [3.63, 3.8) is 0 Å². The van der Waals surface area contributed by atoms with Crippen molar-refractivity contribution in [1.29, 1.82) is 0 Å². The van der Waals surface area contributed by atoms with Gasteiger partial charge in [0, 0.05) is 17.1 Å². The number of carbonyl (C=O) groups is 1. The van der Waals surface area contributed by atoms with Gasteiger partial charge in [0.2, 0.25) is 11.6 Å². The minimum absolute atomic E-state index is 0.0772. The van der Waals surface area contributed by atoms with Gasteiger partial charge in [0.05, 0.1) is 23.7 Å². The molecule has 1 N–H and O–H groups in total. The van der Waals surface area contributed by atoms with Crippen LogP contribution in [-0.2, 0) is 16.1 Å². The van der Waals surface area contributed by atoms with Gasteiger partial charge in [-0.15, -0.1) is 0 Å². The number of carboxylic acid groups (broad SMARTS) is 1. The Labute approximate surface area is 184 Å². The SMILES string of the molecule is CCO/C(=C\c1ccc2c(ccn2Cc2nc(-c3ccccc3Cl)oc2C)c1)C(=O)O. The molecular formula is C24H21ClN2O4. The van der Waals surface area contributed by atoms with Crippen molar-refractivity contribution in [3.8, 4) is 11.5 Å². The van der Waals surface area contributed by atoms with Gasteiger partial charge in [-0.05, 0) is 55.8 Å². The first-order chi connectivity index (χ1) is 15.0. The first-order valence-electron chi connectivity index (χ1n) is 9.84. The average molecular weight is 437 g/mol. The molecule has 6 nitrogen and oxygen atoms in total. The van der Waals surface area contributed by atoms with Gasteiger partial charge in [-0.2, -0.15) is 0 Å². The van der Waals surface area contributed by atoms with Crippen molar-refractivity contribution in [2.75, 3.05) is 6.61 Å². The summed E-state index contributed by atoms with van der Waals surface area (Å²) >= 11 is 6.28. The lowest BCUT2D eigenvalue weighted by atomic mass is 10.1. The third-order valence-electron chi connectivity index (χ3n) is 4.92. The number of nitrogens with zero attached hydrogens (tertiary/aromatic N) is 2. The van der Waals surface area contributed by atoms with Crippen LogP contribution in [0.4, 0.5) is 0 Å². The van der Waals surface area contributed by atoms with Crippen LogP contribution in [0.1, 0.15) is 23.9 Å².